The van der Waals surface area contributed by atoms with E-state index < -0.39 is 0 Å². The summed E-state index contributed by atoms with van der Waals surface area (Å²) in [4.78, 5) is 4.80. The molecular formula is C128H106IrN12+2. The number of fused-ring (bicyclic) bond motifs is 7. The SMILES string of the molecule is CC1(C)Cc2cnc3c4[c-]cccc4c4c(-c5ccccc5)ccc1c4n23.Cc1c2[n+]3c4c(cccc4c4cccc5c4c3n1C5)C(C)(C)C2(C)C.Cc1c2[n+]3c4c(cccc4c4cccc5c4c3n1C5)C(C)C2C.Cc1c2[n+]3c4c(cccc4c4cccc5c4c3n1C5)C(c1ccccc1)C2c1ccccc1.Cc1c2[n+]3c4c(cccc4c4cccc5c4c3n1C5)CC2.[Ir].[c-]1ccccc1-n1cccn1. The van der Waals surface area contributed by atoms with Gasteiger partial charge in [0.2, 0.25) is 0 Å². The second-order valence-electron chi connectivity index (χ2n) is 42.7. The molecule has 34 rings (SSSR count). The van der Waals surface area contributed by atoms with Gasteiger partial charge in [0.15, 0.2) is 22.8 Å². The quantitative estimate of drug-likeness (QED) is 0.100. The maximum atomic E-state index is 4.80. The molecule has 0 aliphatic carbocycles. The molecule has 9 aliphatic rings. The largest absolute Gasteiger partial charge is 0.337 e. The molecule has 685 valence electrons. The van der Waals surface area contributed by atoms with E-state index in [-0.39, 0.29) is 48.2 Å². The zero-order chi connectivity index (χ0) is 93.8. The van der Waals surface area contributed by atoms with E-state index in [1.165, 1.54) is 262 Å². The Labute approximate surface area is 831 Å². The number of hydrogen-bond donors (Lipinski definition) is 0. The molecule has 141 heavy (non-hydrogen) atoms. The molecule has 20 heterocycles. The molecule has 0 bridgehead atoms. The van der Waals surface area contributed by atoms with Gasteiger partial charge in [0.1, 0.15) is 71.0 Å². The Bertz CT molecular complexity index is 9790. The summed E-state index contributed by atoms with van der Waals surface area (Å²) < 4.78 is 24.7. The normalized spacial score (nSPS) is 17.1. The molecule has 25 aromatic rings. The summed E-state index contributed by atoms with van der Waals surface area (Å²) in [5.41, 5.74) is 46.3. The van der Waals surface area contributed by atoms with Crippen LogP contribution in [0.4, 0.5) is 0 Å². The number of nitrogens with zero attached hydrogens (tertiary/aromatic N) is 12. The standard InChI is InChI=1S/C31H23N2.C25H19N2.C23H23N2.C21H19N2.C19H15N2.C9H7N2.Ir/c1-19-29-28(21-12-6-3-7-13-21)26(20-10-4-2-5-11-20)25-17-9-16-24-23-15-8-14-22-18-32(19)31(27(22)23)33(29)30(24)25;1-25(2)14-17-15-26-24-20-11-7-6-10-19(20)22-18(16-8-4-3-5-9-16)12-13-21(25)23(22)27(17)24;1-13-20-23(4,5)22(2,3)17-11-7-10-16-15-9-6-8-14-12-24(13)21(18(14)15)25(20)19(16)17;1-11-12(2)19-13(3)22-10-14-6-4-8-16-17-9-5-7-15(11)20(17)23(19)21(22)18(14)16;1-11-16-9-8-12-4-2-7-15-14-6-3-5-13-10-20(11)19(17(13)14)21(16)18(12)15;1-2-5-9(6-3-1)11-8-4-7-10-11;/h2-17,26,28H,18H2,1H3;3-10,12-13,15H,14H2,1-2H3;6-11H,12H2,1-5H3;4-9,11-12H,10H2,1-3H3;2-7H,8-10H2,1H3;1-5,7-8H;/q+1;-1;3*+1;-1;. The molecule has 0 spiro atoms. The third kappa shape index (κ3) is 11.2. The average Bonchev–Trinajstić information content (AvgIpc) is 1.50. The van der Waals surface area contributed by atoms with Crippen molar-refractivity contribution in [3.63, 3.8) is 0 Å². The van der Waals surface area contributed by atoms with Gasteiger partial charge in [-0.05, 0) is 69.1 Å². The number of rotatable bonds is 4. The van der Waals surface area contributed by atoms with Crippen LogP contribution in [0.3, 0.4) is 0 Å². The van der Waals surface area contributed by atoms with Crippen molar-refractivity contribution in [2.45, 2.75) is 168 Å². The fourth-order valence-corrected chi connectivity index (χ4v) is 27.9. The summed E-state index contributed by atoms with van der Waals surface area (Å²) in [6.45, 7) is 32.4. The number of aromatic nitrogens is 12. The van der Waals surface area contributed by atoms with Crippen LogP contribution in [0.2, 0.25) is 0 Å². The number of benzene rings is 14. The van der Waals surface area contributed by atoms with Gasteiger partial charge in [-0.15, -0.1) is 35.7 Å². The second-order valence-corrected chi connectivity index (χ2v) is 42.7. The van der Waals surface area contributed by atoms with Gasteiger partial charge in [-0.25, -0.2) is 18.3 Å². The fourth-order valence-electron chi connectivity index (χ4n) is 27.9. The smallest absolute Gasteiger partial charge is 0.295 e. The van der Waals surface area contributed by atoms with Crippen LogP contribution in [-0.2, 0) is 81.8 Å². The molecule has 11 aromatic heterocycles. The van der Waals surface area contributed by atoms with E-state index in [9.17, 15) is 0 Å². The fraction of sp³-hybridized carbons (Fsp3) is 0.203. The van der Waals surface area contributed by atoms with Crippen molar-refractivity contribution in [1.29, 1.82) is 0 Å². The Morgan fingerprint density at radius 3 is 1.48 bits per heavy atom. The maximum Gasteiger partial charge on any atom is 0.295 e. The molecule has 12 nitrogen and oxygen atoms in total. The minimum Gasteiger partial charge on any atom is -0.337 e. The third-order valence-corrected chi connectivity index (χ3v) is 35.0. The van der Waals surface area contributed by atoms with Crippen LogP contribution in [-0.4, -0.2) is 37.4 Å². The molecular weight excluding hydrogens is 1900 g/mol. The zero-order valence-corrected chi connectivity index (χ0v) is 83.9. The second kappa shape index (κ2) is 30.3. The van der Waals surface area contributed by atoms with Gasteiger partial charge in [0.05, 0.1) is 33.1 Å². The van der Waals surface area contributed by atoms with Gasteiger partial charge in [-0.2, -0.15) is 47.0 Å². The number of hydrogen-bond acceptors (Lipinski definition) is 2. The first-order valence-corrected chi connectivity index (χ1v) is 50.3. The molecule has 0 saturated heterocycles. The molecule has 0 amide bonds. The monoisotopic (exact) mass is 2000 g/mol. The summed E-state index contributed by atoms with van der Waals surface area (Å²) >= 11 is 0. The van der Waals surface area contributed by atoms with Crippen molar-refractivity contribution in [1.82, 2.24) is 37.4 Å². The van der Waals surface area contributed by atoms with E-state index in [2.05, 4.69) is 408 Å². The van der Waals surface area contributed by atoms with Gasteiger partial charge in [0, 0.05) is 194 Å². The Kier molecular flexibility index (Phi) is 18.0. The molecule has 4 unspecified atom stereocenters. The predicted molar refractivity (Wildman–Crippen MR) is 566 cm³/mol. The summed E-state index contributed by atoms with van der Waals surface area (Å²) in [5, 5.41) is 24.8. The minimum atomic E-state index is 0. The van der Waals surface area contributed by atoms with E-state index >= 15 is 0 Å². The van der Waals surface area contributed by atoms with Crippen LogP contribution >= 0.6 is 0 Å². The van der Waals surface area contributed by atoms with E-state index in [1.54, 1.807) is 10.9 Å². The molecule has 9 aliphatic heterocycles. The summed E-state index contributed by atoms with van der Waals surface area (Å²) in [7, 11) is 0. The Morgan fingerprint density at radius 1 is 0.376 bits per heavy atom. The predicted octanol–water partition coefficient (Wildman–Crippen LogP) is 26.6. The van der Waals surface area contributed by atoms with Crippen LogP contribution in [0.15, 0.2) is 316 Å². The first kappa shape index (κ1) is 84.1. The topological polar surface area (TPSA) is 71.2 Å². The summed E-state index contributed by atoms with van der Waals surface area (Å²) in [5.74, 6) is 1.67. The number of imidazole rings is 5. The van der Waals surface area contributed by atoms with E-state index in [0.717, 1.165) is 49.3 Å². The van der Waals surface area contributed by atoms with Crippen LogP contribution < -0.4 is 17.6 Å². The van der Waals surface area contributed by atoms with Crippen LogP contribution in [0, 0.1) is 39.8 Å². The van der Waals surface area contributed by atoms with E-state index in [0.29, 0.717) is 11.8 Å². The number of para-hydroxylation sites is 5. The number of pyridine rings is 5. The Balaban J connectivity index is 0.0000000843. The zero-order valence-electron chi connectivity index (χ0n) is 81.5. The Morgan fingerprint density at radius 2 is 0.872 bits per heavy atom. The average molecular weight is 2000 g/mol. The molecule has 0 N–H and O–H groups in total. The van der Waals surface area contributed by atoms with Crippen molar-refractivity contribution >= 4 is 137 Å². The van der Waals surface area contributed by atoms with Gasteiger partial charge in [-0.1, -0.05) is 309 Å². The van der Waals surface area contributed by atoms with E-state index in [1.807, 2.05) is 42.6 Å². The van der Waals surface area contributed by atoms with Crippen LogP contribution in [0.5, 0.6) is 0 Å². The first-order valence-electron chi connectivity index (χ1n) is 50.3. The van der Waals surface area contributed by atoms with Gasteiger partial charge in [-0.3, -0.25) is 9.67 Å². The summed E-state index contributed by atoms with van der Waals surface area (Å²) in [6.07, 6.45) is 9.03. The van der Waals surface area contributed by atoms with Crippen molar-refractivity contribution in [2.24, 2.45) is 0 Å². The van der Waals surface area contributed by atoms with Crippen molar-refractivity contribution in [3.8, 4) is 16.8 Å². The molecule has 14 aromatic carbocycles. The maximum absolute atomic E-state index is 4.80. The van der Waals surface area contributed by atoms with Crippen LogP contribution in [0.1, 0.15) is 192 Å². The summed E-state index contributed by atoms with van der Waals surface area (Å²) in [6, 6.07) is 115. The molecule has 13 heteroatoms. The van der Waals surface area contributed by atoms with Crippen LogP contribution in [0.25, 0.3) is 153 Å². The van der Waals surface area contributed by atoms with Crippen molar-refractivity contribution < 1.29 is 37.7 Å². The first-order chi connectivity index (χ1) is 68.3. The molecule has 1 radical (unpaired) electrons. The molecule has 4 atom stereocenters. The third-order valence-electron chi connectivity index (χ3n) is 35.0. The molecule has 0 saturated carbocycles. The van der Waals surface area contributed by atoms with E-state index in [4.69, 9.17) is 4.98 Å². The van der Waals surface area contributed by atoms with Gasteiger partial charge >= 0.3 is 0 Å². The Hall–Kier alpha value is -15.0. The molecule has 0 fully saturated rings. The number of aryl methyl sites for hydroxylation is 2. The van der Waals surface area contributed by atoms with Gasteiger partial charge in [0.25, 0.3) is 22.6 Å². The van der Waals surface area contributed by atoms with Crippen molar-refractivity contribution in [3.05, 3.63) is 440 Å². The van der Waals surface area contributed by atoms with Gasteiger partial charge < -0.3 is 4.40 Å². The van der Waals surface area contributed by atoms with Crippen molar-refractivity contribution in [2.75, 3.05) is 0 Å². The minimum absolute atomic E-state index is 0.